The van der Waals surface area contributed by atoms with Crippen LogP contribution in [0, 0.1) is 0 Å². The summed E-state index contributed by atoms with van der Waals surface area (Å²) in [5.41, 5.74) is 3.59. The van der Waals surface area contributed by atoms with Crippen molar-refractivity contribution in [1.82, 2.24) is 14.0 Å². The van der Waals surface area contributed by atoms with Crippen LogP contribution in [0.1, 0.15) is 5.69 Å². The SMILES string of the molecule is COc1ccc(-n2cccc2/C=c2\sc3nc4ccccc4n3c2=O)cc1. The third-order valence-electron chi connectivity index (χ3n) is 4.56. The zero-order valence-electron chi connectivity index (χ0n) is 14.5. The summed E-state index contributed by atoms with van der Waals surface area (Å²) < 4.78 is 9.61. The Kier molecular flexibility index (Phi) is 3.58. The molecule has 0 fully saturated rings. The van der Waals surface area contributed by atoms with E-state index in [-0.39, 0.29) is 5.56 Å². The first-order valence-electron chi connectivity index (χ1n) is 8.48. The van der Waals surface area contributed by atoms with Crippen molar-refractivity contribution in [3.05, 3.63) is 87.4 Å². The molecule has 5 nitrogen and oxygen atoms in total. The highest BCUT2D eigenvalue weighted by Gasteiger charge is 2.11. The molecule has 3 aromatic heterocycles. The maximum atomic E-state index is 12.9. The third-order valence-corrected chi connectivity index (χ3v) is 5.52. The van der Waals surface area contributed by atoms with Crippen molar-refractivity contribution in [2.24, 2.45) is 0 Å². The van der Waals surface area contributed by atoms with Crippen LogP contribution >= 0.6 is 11.3 Å². The lowest BCUT2D eigenvalue weighted by molar-refractivity contribution is 0.414. The fourth-order valence-electron chi connectivity index (χ4n) is 3.24. The Balaban J connectivity index is 1.66. The molecule has 6 heteroatoms. The fourth-order valence-corrected chi connectivity index (χ4v) is 4.21. The van der Waals surface area contributed by atoms with Crippen LogP contribution in [0.15, 0.2) is 71.7 Å². The van der Waals surface area contributed by atoms with Crippen LogP contribution in [0.25, 0.3) is 27.8 Å². The van der Waals surface area contributed by atoms with Gasteiger partial charge in [0.05, 0.1) is 22.7 Å². The van der Waals surface area contributed by atoms with Crippen molar-refractivity contribution in [3.8, 4) is 11.4 Å². The topological polar surface area (TPSA) is 48.5 Å². The van der Waals surface area contributed by atoms with Crippen molar-refractivity contribution in [2.75, 3.05) is 7.11 Å². The van der Waals surface area contributed by atoms with Crippen molar-refractivity contribution in [2.45, 2.75) is 0 Å². The van der Waals surface area contributed by atoms with Gasteiger partial charge in [0.1, 0.15) is 5.75 Å². The number of aromatic nitrogens is 3. The molecule has 0 N–H and O–H groups in total. The van der Waals surface area contributed by atoms with E-state index in [0.717, 1.165) is 33.1 Å². The predicted octanol–water partition coefficient (Wildman–Crippen LogP) is 3.26. The van der Waals surface area contributed by atoms with Gasteiger partial charge in [-0.15, -0.1) is 0 Å². The number of ether oxygens (including phenoxy) is 1. The van der Waals surface area contributed by atoms with Gasteiger partial charge in [-0.1, -0.05) is 23.5 Å². The van der Waals surface area contributed by atoms with Crippen molar-refractivity contribution in [3.63, 3.8) is 0 Å². The largest absolute Gasteiger partial charge is 0.497 e. The Morgan fingerprint density at radius 2 is 1.85 bits per heavy atom. The Labute approximate surface area is 158 Å². The van der Waals surface area contributed by atoms with Crippen molar-refractivity contribution >= 4 is 33.4 Å². The molecule has 27 heavy (non-hydrogen) atoms. The zero-order chi connectivity index (χ0) is 18.4. The highest BCUT2D eigenvalue weighted by Crippen LogP contribution is 2.19. The molecule has 0 radical (unpaired) electrons. The van der Waals surface area contributed by atoms with Gasteiger partial charge in [-0.25, -0.2) is 9.38 Å². The molecule has 2 aromatic carbocycles. The molecule has 0 atom stereocenters. The van der Waals surface area contributed by atoms with Gasteiger partial charge < -0.3 is 9.30 Å². The van der Waals surface area contributed by atoms with E-state index in [1.54, 1.807) is 11.5 Å². The van der Waals surface area contributed by atoms with E-state index in [1.807, 2.05) is 77.5 Å². The molecule has 0 amide bonds. The highest BCUT2D eigenvalue weighted by molar-refractivity contribution is 7.15. The molecule has 0 aliphatic rings. The average Bonchev–Trinajstić information content (AvgIpc) is 3.38. The molecule has 0 spiro atoms. The maximum Gasteiger partial charge on any atom is 0.275 e. The molecule has 0 aliphatic heterocycles. The van der Waals surface area contributed by atoms with E-state index < -0.39 is 0 Å². The maximum absolute atomic E-state index is 12.9. The minimum atomic E-state index is -0.0359. The summed E-state index contributed by atoms with van der Waals surface area (Å²) in [6.45, 7) is 0. The highest BCUT2D eigenvalue weighted by atomic mass is 32.1. The van der Waals surface area contributed by atoms with Gasteiger partial charge in [-0.2, -0.15) is 0 Å². The summed E-state index contributed by atoms with van der Waals surface area (Å²) in [6, 6.07) is 19.5. The van der Waals surface area contributed by atoms with E-state index in [1.165, 1.54) is 11.3 Å². The number of fused-ring (bicyclic) bond motifs is 3. The first-order chi connectivity index (χ1) is 13.2. The minimum Gasteiger partial charge on any atom is -0.497 e. The van der Waals surface area contributed by atoms with Gasteiger partial charge in [0.2, 0.25) is 0 Å². The summed E-state index contributed by atoms with van der Waals surface area (Å²) in [5.74, 6) is 0.810. The minimum absolute atomic E-state index is 0.0359. The van der Waals surface area contributed by atoms with Gasteiger partial charge in [-0.05, 0) is 54.6 Å². The number of nitrogens with zero attached hydrogens (tertiary/aromatic N) is 3. The van der Waals surface area contributed by atoms with Crippen LogP contribution in [0.4, 0.5) is 0 Å². The molecule has 132 valence electrons. The number of hydrogen-bond acceptors (Lipinski definition) is 4. The number of para-hydroxylation sites is 2. The van der Waals surface area contributed by atoms with E-state index in [0.29, 0.717) is 4.53 Å². The summed E-state index contributed by atoms with van der Waals surface area (Å²) in [7, 11) is 1.65. The predicted molar refractivity (Wildman–Crippen MR) is 108 cm³/mol. The summed E-state index contributed by atoms with van der Waals surface area (Å²) >= 11 is 1.41. The van der Waals surface area contributed by atoms with E-state index in [9.17, 15) is 4.79 Å². The Morgan fingerprint density at radius 1 is 1.04 bits per heavy atom. The number of benzene rings is 2. The molecular weight excluding hydrogens is 358 g/mol. The van der Waals surface area contributed by atoms with E-state index in [4.69, 9.17) is 4.74 Å². The lowest BCUT2D eigenvalue weighted by Gasteiger charge is -2.07. The van der Waals surface area contributed by atoms with Gasteiger partial charge >= 0.3 is 0 Å². The normalized spacial score (nSPS) is 12.3. The molecule has 0 bridgehead atoms. The first-order valence-corrected chi connectivity index (χ1v) is 9.30. The molecular formula is C21H15N3O2S. The lowest BCUT2D eigenvalue weighted by atomic mass is 10.3. The number of rotatable bonds is 3. The first kappa shape index (κ1) is 15.8. The van der Waals surface area contributed by atoms with Crippen LogP contribution in [0.2, 0.25) is 0 Å². The molecule has 0 aliphatic carbocycles. The Morgan fingerprint density at radius 3 is 2.67 bits per heavy atom. The molecule has 3 heterocycles. The van der Waals surface area contributed by atoms with Gasteiger partial charge in [-0.3, -0.25) is 4.79 Å². The summed E-state index contributed by atoms with van der Waals surface area (Å²) in [5, 5.41) is 0. The van der Waals surface area contributed by atoms with Crippen molar-refractivity contribution < 1.29 is 4.74 Å². The zero-order valence-corrected chi connectivity index (χ0v) is 15.3. The van der Waals surface area contributed by atoms with E-state index >= 15 is 0 Å². The van der Waals surface area contributed by atoms with Gasteiger partial charge in [0, 0.05) is 17.6 Å². The molecule has 0 saturated carbocycles. The lowest BCUT2D eigenvalue weighted by Crippen LogP contribution is -2.23. The van der Waals surface area contributed by atoms with Gasteiger partial charge in [0.25, 0.3) is 5.56 Å². The smallest absolute Gasteiger partial charge is 0.275 e. The summed E-state index contributed by atoms with van der Waals surface area (Å²) in [4.78, 5) is 18.2. The second-order valence-corrected chi connectivity index (χ2v) is 7.14. The van der Waals surface area contributed by atoms with Crippen LogP contribution in [0.5, 0.6) is 5.75 Å². The Hall–Kier alpha value is -3.38. The number of methoxy groups -OCH3 is 1. The van der Waals surface area contributed by atoms with E-state index in [2.05, 4.69) is 4.98 Å². The number of hydrogen-bond donors (Lipinski definition) is 0. The quantitative estimate of drug-likeness (QED) is 0.488. The second kappa shape index (κ2) is 6.10. The van der Waals surface area contributed by atoms with Crippen LogP contribution in [-0.2, 0) is 0 Å². The summed E-state index contributed by atoms with van der Waals surface area (Å²) in [6.07, 6.45) is 3.90. The van der Waals surface area contributed by atoms with Crippen molar-refractivity contribution in [1.29, 1.82) is 0 Å². The van der Waals surface area contributed by atoms with Crippen LogP contribution in [0.3, 0.4) is 0 Å². The third kappa shape index (κ3) is 2.53. The van der Waals surface area contributed by atoms with Crippen LogP contribution in [-0.4, -0.2) is 21.1 Å². The molecule has 5 aromatic rings. The number of thiazole rings is 1. The standard InChI is InChI=1S/C21H15N3O2S/c1-26-16-10-8-14(9-11-16)23-12-4-5-15(23)13-19-20(25)24-18-7-3-2-6-17(18)22-21(24)27-19/h2-13H,1H3/b19-13-. The second-order valence-electron chi connectivity index (χ2n) is 6.14. The Bertz CT molecular complexity index is 1380. The number of imidazole rings is 1. The van der Waals surface area contributed by atoms with Gasteiger partial charge in [0.15, 0.2) is 4.96 Å². The van der Waals surface area contributed by atoms with Crippen LogP contribution < -0.4 is 14.8 Å². The molecule has 0 saturated heterocycles. The monoisotopic (exact) mass is 373 g/mol. The molecule has 0 unspecified atom stereocenters. The molecule has 5 rings (SSSR count). The average molecular weight is 373 g/mol. The fraction of sp³-hybridized carbons (Fsp3) is 0.0476.